The predicted molar refractivity (Wildman–Crippen MR) is 87.0 cm³/mol. The van der Waals surface area contributed by atoms with Crippen LogP contribution in [0.25, 0.3) is 0 Å². The van der Waals surface area contributed by atoms with Gasteiger partial charge in [0.25, 0.3) is 0 Å². The summed E-state index contributed by atoms with van der Waals surface area (Å²) in [5.41, 5.74) is 0. The van der Waals surface area contributed by atoms with E-state index in [0.717, 1.165) is 5.92 Å². The maximum Gasteiger partial charge on any atom is 0.104 e. The smallest absolute Gasteiger partial charge is 0.104 e. The Bertz CT molecular complexity index is 312. The molecule has 0 aromatic carbocycles. The number of hydrogen-bond acceptors (Lipinski definition) is 2. The van der Waals surface area contributed by atoms with E-state index in [1.807, 2.05) is 0 Å². The van der Waals surface area contributed by atoms with Crippen molar-refractivity contribution in [1.29, 1.82) is 0 Å². The van der Waals surface area contributed by atoms with Crippen LogP contribution in [0.4, 0.5) is 0 Å². The third-order valence-electron chi connectivity index (χ3n) is 4.72. The van der Waals surface area contributed by atoms with Crippen molar-refractivity contribution in [3.63, 3.8) is 0 Å². The molecule has 110 valence electrons. The Hall–Kier alpha value is -0.180. The molecule has 1 aliphatic heterocycles. The second-order valence-corrected chi connectivity index (χ2v) is 7.30. The maximum absolute atomic E-state index is 4.90. The summed E-state index contributed by atoms with van der Waals surface area (Å²) in [6.07, 6.45) is 9.77. The zero-order valence-electron chi connectivity index (χ0n) is 12.8. The van der Waals surface area contributed by atoms with Crippen LogP contribution in [-0.2, 0) is 0 Å². The number of rotatable bonds is 2. The maximum atomic E-state index is 4.90. The molecule has 1 heterocycles. The van der Waals surface area contributed by atoms with Gasteiger partial charge in [-0.2, -0.15) is 12.6 Å². The summed E-state index contributed by atoms with van der Waals surface area (Å²) in [6, 6.07) is 0.567. The Balaban J connectivity index is 2.21. The number of piperidine rings is 1. The van der Waals surface area contributed by atoms with Crippen molar-refractivity contribution in [1.82, 2.24) is 4.90 Å². The number of likely N-dealkylation sites (tertiary alicyclic amines) is 1. The van der Waals surface area contributed by atoms with Crippen molar-refractivity contribution in [2.75, 3.05) is 6.54 Å². The molecule has 3 heteroatoms. The van der Waals surface area contributed by atoms with Crippen LogP contribution in [-0.4, -0.2) is 28.7 Å². The first-order valence-electron chi connectivity index (χ1n) is 8.12. The lowest BCUT2D eigenvalue weighted by molar-refractivity contribution is 0.196. The van der Waals surface area contributed by atoms with E-state index in [9.17, 15) is 0 Å². The van der Waals surface area contributed by atoms with Crippen molar-refractivity contribution in [3.8, 4) is 0 Å². The highest BCUT2D eigenvalue weighted by molar-refractivity contribution is 7.80. The highest BCUT2D eigenvalue weighted by Gasteiger charge is 2.35. The van der Waals surface area contributed by atoms with E-state index in [1.54, 1.807) is 0 Å². The zero-order valence-corrected chi connectivity index (χ0v) is 13.7. The number of nitrogens with zero attached hydrogens (tertiary/aromatic N) is 2. The van der Waals surface area contributed by atoms with E-state index in [2.05, 4.69) is 38.3 Å². The molecule has 0 aromatic heterocycles. The Labute approximate surface area is 124 Å². The highest BCUT2D eigenvalue weighted by Crippen LogP contribution is 2.36. The molecule has 2 nitrogen and oxygen atoms in total. The number of thiol groups is 1. The molecule has 0 aromatic rings. The number of hydrogen-bond donors (Lipinski definition) is 1. The summed E-state index contributed by atoms with van der Waals surface area (Å²) in [5, 5.41) is 0.125. The van der Waals surface area contributed by atoms with Crippen LogP contribution in [0.2, 0.25) is 0 Å². The average Bonchev–Trinajstić information content (AvgIpc) is 2.29. The van der Waals surface area contributed by atoms with E-state index in [1.165, 1.54) is 57.3 Å². The second-order valence-electron chi connectivity index (χ2n) is 6.55. The van der Waals surface area contributed by atoms with Crippen LogP contribution in [0.3, 0.4) is 0 Å². The van der Waals surface area contributed by atoms with Gasteiger partial charge in [-0.25, -0.2) is 0 Å². The highest BCUT2D eigenvalue weighted by atomic mass is 32.1. The van der Waals surface area contributed by atoms with Crippen LogP contribution in [0.15, 0.2) is 4.99 Å². The fourth-order valence-corrected chi connectivity index (χ4v) is 3.88. The van der Waals surface area contributed by atoms with E-state index in [-0.39, 0.29) is 5.37 Å². The minimum absolute atomic E-state index is 0.125. The van der Waals surface area contributed by atoms with Gasteiger partial charge in [0, 0.05) is 18.5 Å². The summed E-state index contributed by atoms with van der Waals surface area (Å²) >= 11 is 4.51. The van der Waals surface area contributed by atoms with Gasteiger partial charge in [0.1, 0.15) is 5.84 Å². The van der Waals surface area contributed by atoms with Crippen LogP contribution >= 0.6 is 12.6 Å². The first kappa shape index (κ1) is 15.2. The van der Waals surface area contributed by atoms with E-state index < -0.39 is 0 Å². The Morgan fingerprint density at radius 2 is 1.74 bits per heavy atom. The van der Waals surface area contributed by atoms with Gasteiger partial charge in [0.2, 0.25) is 0 Å². The molecule has 0 amide bonds. The standard InChI is InChI=1S/C16H30N2S/c1-12(2)18-11-10-14-8-6-4-5-7-9-15(14)16(18)17-13(3)19/h12-15,19H,4-11H2,1-3H3/b17-16-. The summed E-state index contributed by atoms with van der Waals surface area (Å²) in [5.74, 6) is 2.95. The number of fused-ring (bicyclic) bond motifs is 1. The fourth-order valence-electron chi connectivity index (χ4n) is 3.76. The molecule has 0 bridgehead atoms. The molecule has 0 spiro atoms. The summed E-state index contributed by atoms with van der Waals surface area (Å²) in [7, 11) is 0. The molecular formula is C16H30N2S. The lowest BCUT2D eigenvalue weighted by Crippen LogP contribution is -2.49. The molecule has 19 heavy (non-hydrogen) atoms. The fraction of sp³-hybridized carbons (Fsp3) is 0.938. The van der Waals surface area contributed by atoms with Gasteiger partial charge in [-0.1, -0.05) is 25.7 Å². The summed E-state index contributed by atoms with van der Waals surface area (Å²) in [4.78, 5) is 7.44. The van der Waals surface area contributed by atoms with E-state index in [4.69, 9.17) is 4.99 Å². The van der Waals surface area contributed by atoms with Crippen LogP contribution in [0, 0.1) is 11.8 Å². The van der Waals surface area contributed by atoms with Gasteiger partial charge in [0.15, 0.2) is 0 Å². The van der Waals surface area contributed by atoms with Crippen molar-refractivity contribution in [2.45, 2.75) is 77.1 Å². The molecule has 2 rings (SSSR count). The summed E-state index contributed by atoms with van der Waals surface area (Å²) < 4.78 is 0. The van der Waals surface area contributed by atoms with Gasteiger partial charge in [-0.05, 0) is 46.0 Å². The summed E-state index contributed by atoms with van der Waals surface area (Å²) in [6.45, 7) is 7.86. The van der Waals surface area contributed by atoms with Crippen LogP contribution in [0.5, 0.6) is 0 Å². The normalized spacial score (nSPS) is 32.9. The quantitative estimate of drug-likeness (QED) is 0.744. The van der Waals surface area contributed by atoms with Crippen molar-refractivity contribution in [2.24, 2.45) is 16.8 Å². The van der Waals surface area contributed by atoms with Crippen LogP contribution in [0.1, 0.15) is 65.7 Å². The number of amidine groups is 1. The molecule has 3 atom stereocenters. The van der Waals surface area contributed by atoms with Gasteiger partial charge >= 0.3 is 0 Å². The first-order valence-corrected chi connectivity index (χ1v) is 8.63. The zero-order chi connectivity index (χ0) is 13.8. The topological polar surface area (TPSA) is 15.6 Å². The van der Waals surface area contributed by atoms with Crippen molar-refractivity contribution >= 4 is 18.5 Å². The molecule has 2 aliphatic rings. The van der Waals surface area contributed by atoms with Crippen molar-refractivity contribution in [3.05, 3.63) is 0 Å². The molecule has 1 aliphatic carbocycles. The SMILES string of the molecule is CC(S)/N=C1/C2CCCCCCC2CCN1C(C)C. The molecule has 0 N–H and O–H groups in total. The predicted octanol–water partition coefficient (Wildman–Crippen LogP) is 4.36. The van der Waals surface area contributed by atoms with Gasteiger partial charge in [-0.3, -0.25) is 4.99 Å². The Morgan fingerprint density at radius 1 is 1.05 bits per heavy atom. The number of aliphatic imine (C=N–C) groups is 1. The lowest BCUT2D eigenvalue weighted by Gasteiger charge is -2.44. The molecule has 1 saturated heterocycles. The third-order valence-corrected chi connectivity index (χ3v) is 4.83. The average molecular weight is 282 g/mol. The monoisotopic (exact) mass is 282 g/mol. The van der Waals surface area contributed by atoms with Gasteiger partial charge < -0.3 is 4.90 Å². The molecule has 3 unspecified atom stereocenters. The second kappa shape index (κ2) is 7.01. The minimum Gasteiger partial charge on any atom is -0.358 e. The van der Waals surface area contributed by atoms with Gasteiger partial charge in [-0.15, -0.1) is 0 Å². The minimum atomic E-state index is 0.125. The molecular weight excluding hydrogens is 252 g/mol. The third kappa shape index (κ3) is 3.90. The lowest BCUT2D eigenvalue weighted by atomic mass is 9.76. The van der Waals surface area contributed by atoms with E-state index in [0.29, 0.717) is 12.0 Å². The first-order chi connectivity index (χ1) is 9.09. The van der Waals surface area contributed by atoms with Gasteiger partial charge in [0.05, 0.1) is 5.37 Å². The molecule has 2 fully saturated rings. The van der Waals surface area contributed by atoms with Crippen molar-refractivity contribution < 1.29 is 0 Å². The Kier molecular flexibility index (Phi) is 5.61. The molecule has 0 radical (unpaired) electrons. The molecule has 1 saturated carbocycles. The Morgan fingerprint density at radius 3 is 2.37 bits per heavy atom. The van der Waals surface area contributed by atoms with Crippen LogP contribution < -0.4 is 0 Å². The largest absolute Gasteiger partial charge is 0.358 e. The van der Waals surface area contributed by atoms with E-state index >= 15 is 0 Å².